The minimum Gasteiger partial charge on any atom is -0.481 e. The van der Waals surface area contributed by atoms with Crippen LogP contribution in [0.5, 0.6) is 0 Å². The second-order valence-corrected chi connectivity index (χ2v) is 5.29. The van der Waals surface area contributed by atoms with Gasteiger partial charge in [-0.05, 0) is 24.3 Å². The minimum atomic E-state index is -0.868. The highest BCUT2D eigenvalue weighted by Gasteiger charge is 2.39. The van der Waals surface area contributed by atoms with E-state index in [1.165, 1.54) is 0 Å². The summed E-state index contributed by atoms with van der Waals surface area (Å²) in [6.07, 6.45) is 1.36. The first-order chi connectivity index (χ1) is 9.08. The number of amides is 1. The molecule has 0 aromatic heterocycles. The van der Waals surface area contributed by atoms with Crippen molar-refractivity contribution >= 4 is 11.9 Å². The maximum Gasteiger partial charge on any atom is 0.308 e. The summed E-state index contributed by atoms with van der Waals surface area (Å²) < 4.78 is 0. The van der Waals surface area contributed by atoms with Crippen molar-refractivity contribution in [3.63, 3.8) is 0 Å². The average Bonchev–Trinajstić information content (AvgIpc) is 3.12. The molecule has 0 saturated heterocycles. The number of carboxylic acids is 1. The highest BCUT2D eigenvalue weighted by atomic mass is 16.4. The van der Waals surface area contributed by atoms with E-state index in [4.69, 9.17) is 0 Å². The third kappa shape index (κ3) is 3.81. The predicted octanol–water partition coefficient (Wildman–Crippen LogP) is 1.70. The van der Waals surface area contributed by atoms with Crippen molar-refractivity contribution in [1.29, 1.82) is 0 Å². The maximum absolute atomic E-state index is 11.7. The van der Waals surface area contributed by atoms with E-state index >= 15 is 0 Å². The molecule has 0 aliphatic heterocycles. The molecule has 0 heterocycles. The number of carboxylic acid groups (broad SMARTS) is 1. The zero-order valence-corrected chi connectivity index (χ0v) is 11.0. The van der Waals surface area contributed by atoms with Gasteiger partial charge in [0.15, 0.2) is 0 Å². The van der Waals surface area contributed by atoms with Crippen LogP contribution in [0.3, 0.4) is 0 Å². The highest BCUT2D eigenvalue weighted by Crippen LogP contribution is 2.37. The molecule has 2 N–H and O–H groups in total. The van der Waals surface area contributed by atoms with Crippen molar-refractivity contribution in [3.05, 3.63) is 35.9 Å². The lowest BCUT2D eigenvalue weighted by Crippen LogP contribution is -2.35. The summed E-state index contributed by atoms with van der Waals surface area (Å²) in [5.41, 5.74) is 0.976. The Labute approximate surface area is 112 Å². The van der Waals surface area contributed by atoms with Gasteiger partial charge in [-0.25, -0.2) is 0 Å². The highest BCUT2D eigenvalue weighted by molar-refractivity contribution is 5.82. The molecule has 1 fully saturated rings. The Kier molecular flexibility index (Phi) is 4.20. The van der Waals surface area contributed by atoms with Crippen LogP contribution in [0.15, 0.2) is 30.3 Å². The Morgan fingerprint density at radius 3 is 2.53 bits per heavy atom. The summed E-state index contributed by atoms with van der Waals surface area (Å²) in [6, 6.07) is 9.48. The maximum atomic E-state index is 11.7. The summed E-state index contributed by atoms with van der Waals surface area (Å²) in [7, 11) is 0. The van der Waals surface area contributed by atoms with Crippen molar-refractivity contribution < 1.29 is 14.7 Å². The molecule has 0 radical (unpaired) electrons. The van der Waals surface area contributed by atoms with Crippen LogP contribution in [-0.4, -0.2) is 23.5 Å². The van der Waals surface area contributed by atoms with Crippen LogP contribution in [0, 0.1) is 17.8 Å². The number of hydrogen-bond donors (Lipinski definition) is 2. The van der Waals surface area contributed by atoms with Crippen LogP contribution in [0.1, 0.15) is 18.9 Å². The second kappa shape index (κ2) is 5.87. The molecule has 1 aliphatic rings. The van der Waals surface area contributed by atoms with Gasteiger partial charge in [-0.3, -0.25) is 9.59 Å². The standard InChI is InChI=1S/C15H19NO3/c1-10-7-13(10)14(17)16-9-12(15(18)19)8-11-5-3-2-4-6-11/h2-6,10,12-13H,7-9H2,1H3,(H,16,17)(H,18,19)/t10-,12+,13+/m1/s1. The largest absolute Gasteiger partial charge is 0.481 e. The quantitative estimate of drug-likeness (QED) is 0.819. The lowest BCUT2D eigenvalue weighted by molar-refractivity contribution is -0.141. The fourth-order valence-corrected chi connectivity index (χ4v) is 2.19. The Morgan fingerprint density at radius 2 is 2.00 bits per heavy atom. The molecule has 0 unspecified atom stereocenters. The van der Waals surface area contributed by atoms with Gasteiger partial charge in [-0.15, -0.1) is 0 Å². The number of carbonyl (C=O) groups is 2. The molecule has 1 aliphatic carbocycles. The summed E-state index contributed by atoms with van der Waals surface area (Å²) in [5.74, 6) is -0.913. The van der Waals surface area contributed by atoms with Crippen LogP contribution in [-0.2, 0) is 16.0 Å². The molecule has 1 amide bonds. The number of aliphatic carboxylic acids is 1. The van der Waals surface area contributed by atoms with E-state index in [2.05, 4.69) is 5.32 Å². The monoisotopic (exact) mass is 261 g/mol. The average molecular weight is 261 g/mol. The van der Waals surface area contributed by atoms with Gasteiger partial charge in [0.1, 0.15) is 0 Å². The van der Waals surface area contributed by atoms with Crippen molar-refractivity contribution in [3.8, 4) is 0 Å². The molecule has 19 heavy (non-hydrogen) atoms. The first-order valence-electron chi connectivity index (χ1n) is 6.62. The van der Waals surface area contributed by atoms with Crippen LogP contribution < -0.4 is 5.32 Å². The van der Waals surface area contributed by atoms with Crippen LogP contribution in [0.25, 0.3) is 0 Å². The predicted molar refractivity (Wildman–Crippen MR) is 71.6 cm³/mol. The van der Waals surface area contributed by atoms with E-state index in [1.54, 1.807) is 0 Å². The van der Waals surface area contributed by atoms with Gasteiger partial charge >= 0.3 is 5.97 Å². The Bertz CT molecular complexity index is 458. The number of carbonyl (C=O) groups excluding carboxylic acids is 1. The fourth-order valence-electron chi connectivity index (χ4n) is 2.19. The molecule has 0 bridgehead atoms. The van der Waals surface area contributed by atoms with Gasteiger partial charge in [-0.1, -0.05) is 37.3 Å². The van der Waals surface area contributed by atoms with Gasteiger partial charge < -0.3 is 10.4 Å². The fraction of sp³-hybridized carbons (Fsp3) is 0.467. The third-order valence-corrected chi connectivity index (χ3v) is 3.64. The Balaban J connectivity index is 1.86. The van der Waals surface area contributed by atoms with E-state index in [0.717, 1.165) is 12.0 Å². The molecule has 1 aromatic carbocycles. The number of nitrogens with one attached hydrogen (secondary N) is 1. The molecular weight excluding hydrogens is 242 g/mol. The molecule has 0 spiro atoms. The van der Waals surface area contributed by atoms with Crippen LogP contribution in [0.4, 0.5) is 0 Å². The van der Waals surface area contributed by atoms with Gasteiger partial charge in [0.05, 0.1) is 5.92 Å². The molecular formula is C15H19NO3. The summed E-state index contributed by atoms with van der Waals surface area (Å²) in [6.45, 7) is 2.23. The van der Waals surface area contributed by atoms with E-state index in [0.29, 0.717) is 12.3 Å². The zero-order valence-electron chi connectivity index (χ0n) is 11.0. The van der Waals surface area contributed by atoms with E-state index in [1.807, 2.05) is 37.3 Å². The smallest absolute Gasteiger partial charge is 0.308 e. The lowest BCUT2D eigenvalue weighted by atomic mass is 9.99. The van der Waals surface area contributed by atoms with Gasteiger partial charge in [0.25, 0.3) is 0 Å². The molecule has 4 heteroatoms. The van der Waals surface area contributed by atoms with Crippen molar-refractivity contribution in [2.45, 2.75) is 19.8 Å². The zero-order chi connectivity index (χ0) is 13.8. The number of benzene rings is 1. The molecule has 1 saturated carbocycles. The second-order valence-electron chi connectivity index (χ2n) is 5.29. The Hall–Kier alpha value is -1.84. The van der Waals surface area contributed by atoms with Gasteiger partial charge in [0.2, 0.25) is 5.91 Å². The number of rotatable bonds is 6. The molecule has 102 valence electrons. The summed E-state index contributed by atoms with van der Waals surface area (Å²) >= 11 is 0. The third-order valence-electron chi connectivity index (χ3n) is 3.64. The molecule has 3 atom stereocenters. The van der Waals surface area contributed by atoms with Gasteiger partial charge in [0, 0.05) is 12.5 Å². The van der Waals surface area contributed by atoms with E-state index in [-0.39, 0.29) is 18.4 Å². The summed E-state index contributed by atoms with van der Waals surface area (Å²) in [4.78, 5) is 22.9. The van der Waals surface area contributed by atoms with E-state index in [9.17, 15) is 14.7 Å². The summed E-state index contributed by atoms with van der Waals surface area (Å²) in [5, 5.41) is 12.0. The minimum absolute atomic E-state index is 0.00758. The van der Waals surface area contributed by atoms with Crippen molar-refractivity contribution in [1.82, 2.24) is 5.32 Å². The lowest BCUT2D eigenvalue weighted by Gasteiger charge is -2.13. The first kappa shape index (κ1) is 13.6. The SMILES string of the molecule is C[C@@H]1C[C@@H]1C(=O)NC[C@H](Cc1ccccc1)C(=O)O. The Morgan fingerprint density at radius 1 is 1.37 bits per heavy atom. The molecule has 1 aromatic rings. The van der Waals surface area contributed by atoms with E-state index < -0.39 is 11.9 Å². The van der Waals surface area contributed by atoms with Crippen molar-refractivity contribution in [2.75, 3.05) is 6.54 Å². The van der Waals surface area contributed by atoms with Gasteiger partial charge in [-0.2, -0.15) is 0 Å². The van der Waals surface area contributed by atoms with Crippen LogP contribution >= 0.6 is 0 Å². The topological polar surface area (TPSA) is 66.4 Å². The normalized spacial score (nSPS) is 22.6. The molecule has 4 nitrogen and oxygen atoms in total. The first-order valence-corrected chi connectivity index (χ1v) is 6.62. The molecule has 2 rings (SSSR count). The van der Waals surface area contributed by atoms with Crippen molar-refractivity contribution in [2.24, 2.45) is 17.8 Å². The number of hydrogen-bond acceptors (Lipinski definition) is 2. The van der Waals surface area contributed by atoms with Crippen LogP contribution in [0.2, 0.25) is 0 Å².